The monoisotopic (exact) mass is 418 g/mol. The largest absolute Gasteiger partial charge is 0.490 e. The number of carbonyl (C=O) groups excluding carboxylic acids is 1. The molecule has 0 fully saturated rings. The van der Waals surface area contributed by atoms with Gasteiger partial charge in [0.25, 0.3) is 0 Å². The molecular formula is C25H26N2O4. The minimum Gasteiger partial charge on any atom is -0.490 e. The number of rotatable bonds is 12. The molecule has 2 N–H and O–H groups in total. The van der Waals surface area contributed by atoms with Crippen LogP contribution in [0.3, 0.4) is 0 Å². The van der Waals surface area contributed by atoms with Gasteiger partial charge in [-0.05, 0) is 36.4 Å². The van der Waals surface area contributed by atoms with Gasteiger partial charge in [-0.3, -0.25) is 4.79 Å². The highest BCUT2D eigenvalue weighted by Gasteiger charge is 2.08. The van der Waals surface area contributed by atoms with Crippen molar-refractivity contribution < 1.29 is 19.0 Å². The Morgan fingerprint density at radius 3 is 2.42 bits per heavy atom. The quantitative estimate of drug-likeness (QED) is 0.328. The number of hydrogen-bond donors (Lipinski definition) is 2. The number of carbonyl (C=O) groups is 1. The molecule has 3 aromatic carbocycles. The number of nitrogens with one attached hydrogen (secondary N) is 2. The second-order valence-corrected chi connectivity index (χ2v) is 6.54. The van der Waals surface area contributed by atoms with Crippen molar-refractivity contribution in [1.82, 2.24) is 0 Å². The molecule has 0 saturated heterocycles. The average Bonchev–Trinajstić information content (AvgIpc) is 2.81. The van der Waals surface area contributed by atoms with E-state index >= 15 is 0 Å². The Bertz CT molecular complexity index is 976. The predicted octanol–water partition coefficient (Wildman–Crippen LogP) is 4.76. The summed E-state index contributed by atoms with van der Waals surface area (Å²) in [4.78, 5) is 12.4. The molecule has 0 atom stereocenters. The Balaban J connectivity index is 1.47. The van der Waals surface area contributed by atoms with Crippen LogP contribution in [0.4, 0.5) is 11.4 Å². The summed E-state index contributed by atoms with van der Waals surface area (Å²) in [6, 6.07) is 24.3. The lowest BCUT2D eigenvalue weighted by molar-refractivity contribution is -0.114. The summed E-state index contributed by atoms with van der Waals surface area (Å²) in [5.74, 6) is 1.90. The van der Waals surface area contributed by atoms with E-state index in [4.69, 9.17) is 14.2 Å². The van der Waals surface area contributed by atoms with Crippen LogP contribution >= 0.6 is 0 Å². The second kappa shape index (κ2) is 11.9. The maximum absolute atomic E-state index is 12.4. The van der Waals surface area contributed by atoms with E-state index < -0.39 is 0 Å². The lowest BCUT2D eigenvalue weighted by Crippen LogP contribution is -2.22. The molecule has 3 aromatic rings. The Morgan fingerprint density at radius 1 is 0.839 bits per heavy atom. The summed E-state index contributed by atoms with van der Waals surface area (Å²) in [6.45, 7) is 4.93. The van der Waals surface area contributed by atoms with Crippen molar-refractivity contribution >= 4 is 17.3 Å². The number of benzene rings is 3. The predicted molar refractivity (Wildman–Crippen MR) is 123 cm³/mol. The third-order valence-electron chi connectivity index (χ3n) is 4.17. The van der Waals surface area contributed by atoms with E-state index in [0.717, 1.165) is 11.4 Å². The molecule has 0 aliphatic carbocycles. The molecule has 1 amide bonds. The van der Waals surface area contributed by atoms with Crippen LogP contribution in [0.1, 0.15) is 0 Å². The first-order valence-corrected chi connectivity index (χ1v) is 10.0. The van der Waals surface area contributed by atoms with Gasteiger partial charge in [-0.15, -0.1) is 0 Å². The van der Waals surface area contributed by atoms with Gasteiger partial charge < -0.3 is 24.8 Å². The zero-order valence-electron chi connectivity index (χ0n) is 17.3. The summed E-state index contributed by atoms with van der Waals surface area (Å²) < 4.78 is 16.9. The molecule has 0 bridgehead atoms. The Hall–Kier alpha value is -3.93. The van der Waals surface area contributed by atoms with Crippen molar-refractivity contribution in [2.75, 3.05) is 37.0 Å². The Kier molecular flexibility index (Phi) is 8.37. The van der Waals surface area contributed by atoms with Crippen molar-refractivity contribution in [2.24, 2.45) is 0 Å². The molecule has 0 aliphatic heterocycles. The van der Waals surface area contributed by atoms with Crippen LogP contribution in [0, 0.1) is 0 Å². The standard InChI is InChI=1S/C25H26N2O4/c1-2-15-29-22-12-8-9-20(18-22)26-19-25(28)27-23-13-6-7-14-24(23)31-17-16-30-21-10-4-3-5-11-21/h2-14,18,26H,1,15-17,19H2,(H,27,28). The number of amides is 1. The fourth-order valence-corrected chi connectivity index (χ4v) is 2.75. The third kappa shape index (κ3) is 7.44. The lowest BCUT2D eigenvalue weighted by atomic mass is 10.3. The van der Waals surface area contributed by atoms with E-state index in [0.29, 0.717) is 37.0 Å². The third-order valence-corrected chi connectivity index (χ3v) is 4.17. The molecule has 0 spiro atoms. The molecule has 0 aromatic heterocycles. The van der Waals surface area contributed by atoms with E-state index in [2.05, 4.69) is 17.2 Å². The van der Waals surface area contributed by atoms with E-state index in [9.17, 15) is 4.79 Å². The van der Waals surface area contributed by atoms with Gasteiger partial charge >= 0.3 is 0 Å². The lowest BCUT2D eigenvalue weighted by Gasteiger charge is -2.14. The van der Waals surface area contributed by atoms with Crippen molar-refractivity contribution in [3.63, 3.8) is 0 Å². The Labute approximate surface area is 182 Å². The zero-order valence-corrected chi connectivity index (χ0v) is 17.3. The van der Waals surface area contributed by atoms with Crippen LogP contribution in [-0.2, 0) is 4.79 Å². The van der Waals surface area contributed by atoms with Crippen LogP contribution in [0.25, 0.3) is 0 Å². The van der Waals surface area contributed by atoms with E-state index in [-0.39, 0.29) is 12.5 Å². The summed E-state index contributed by atoms with van der Waals surface area (Å²) in [5, 5.41) is 5.97. The SMILES string of the molecule is C=CCOc1cccc(NCC(=O)Nc2ccccc2OCCOc2ccccc2)c1. The number of anilines is 2. The first kappa shape index (κ1) is 21.8. The molecule has 31 heavy (non-hydrogen) atoms. The van der Waals surface area contributed by atoms with E-state index in [1.807, 2.05) is 72.8 Å². The molecule has 6 heteroatoms. The molecule has 0 saturated carbocycles. The van der Waals surface area contributed by atoms with Crippen LogP contribution < -0.4 is 24.8 Å². The van der Waals surface area contributed by atoms with Crippen LogP contribution in [0.5, 0.6) is 17.2 Å². The van der Waals surface area contributed by atoms with Gasteiger partial charge in [0.2, 0.25) is 5.91 Å². The molecule has 6 nitrogen and oxygen atoms in total. The number of hydrogen-bond acceptors (Lipinski definition) is 5. The summed E-state index contributed by atoms with van der Waals surface area (Å²) in [6.07, 6.45) is 1.68. The van der Waals surface area contributed by atoms with Gasteiger partial charge in [-0.1, -0.05) is 49.1 Å². The van der Waals surface area contributed by atoms with Gasteiger partial charge in [-0.25, -0.2) is 0 Å². The molecule has 3 rings (SSSR count). The van der Waals surface area contributed by atoms with Crippen LogP contribution in [0.15, 0.2) is 91.5 Å². The highest BCUT2D eigenvalue weighted by atomic mass is 16.5. The average molecular weight is 418 g/mol. The molecule has 0 unspecified atom stereocenters. The Morgan fingerprint density at radius 2 is 1.58 bits per heavy atom. The fourth-order valence-electron chi connectivity index (χ4n) is 2.75. The summed E-state index contributed by atoms with van der Waals surface area (Å²) >= 11 is 0. The first-order chi connectivity index (χ1) is 15.2. The fraction of sp³-hybridized carbons (Fsp3) is 0.160. The van der Waals surface area contributed by atoms with Crippen molar-refractivity contribution in [3.8, 4) is 17.2 Å². The van der Waals surface area contributed by atoms with Crippen molar-refractivity contribution in [1.29, 1.82) is 0 Å². The summed E-state index contributed by atoms with van der Waals surface area (Å²) in [5.41, 5.74) is 1.40. The molecular weight excluding hydrogens is 392 g/mol. The first-order valence-electron chi connectivity index (χ1n) is 10.0. The van der Waals surface area contributed by atoms with E-state index in [1.54, 1.807) is 12.1 Å². The molecule has 160 valence electrons. The smallest absolute Gasteiger partial charge is 0.243 e. The second-order valence-electron chi connectivity index (χ2n) is 6.54. The molecule has 0 aliphatic rings. The number of para-hydroxylation sites is 3. The normalized spacial score (nSPS) is 10.1. The topological polar surface area (TPSA) is 68.8 Å². The van der Waals surface area contributed by atoms with Gasteiger partial charge in [0.1, 0.15) is 37.1 Å². The molecule has 0 heterocycles. The van der Waals surface area contributed by atoms with Crippen molar-refractivity contribution in [3.05, 3.63) is 91.5 Å². The van der Waals surface area contributed by atoms with Gasteiger partial charge in [0.15, 0.2) is 0 Å². The highest BCUT2D eigenvalue weighted by Crippen LogP contribution is 2.24. The summed E-state index contributed by atoms with van der Waals surface area (Å²) in [7, 11) is 0. The highest BCUT2D eigenvalue weighted by molar-refractivity contribution is 5.95. The number of ether oxygens (including phenoxy) is 3. The van der Waals surface area contributed by atoms with Crippen LogP contribution in [-0.4, -0.2) is 32.3 Å². The maximum Gasteiger partial charge on any atom is 0.243 e. The zero-order chi connectivity index (χ0) is 21.7. The maximum atomic E-state index is 12.4. The minimum absolute atomic E-state index is 0.108. The van der Waals surface area contributed by atoms with E-state index in [1.165, 1.54) is 0 Å². The van der Waals surface area contributed by atoms with Gasteiger partial charge in [-0.2, -0.15) is 0 Å². The van der Waals surface area contributed by atoms with Gasteiger partial charge in [0.05, 0.1) is 12.2 Å². The minimum atomic E-state index is -0.186. The molecule has 0 radical (unpaired) electrons. The van der Waals surface area contributed by atoms with Crippen molar-refractivity contribution in [2.45, 2.75) is 0 Å². The van der Waals surface area contributed by atoms with Gasteiger partial charge in [0, 0.05) is 11.8 Å². The van der Waals surface area contributed by atoms with Crippen LogP contribution in [0.2, 0.25) is 0 Å².